The molecule has 0 aliphatic rings. The van der Waals surface area contributed by atoms with Gasteiger partial charge in [-0.15, -0.1) is 0 Å². The van der Waals surface area contributed by atoms with E-state index in [1.807, 2.05) is 14.0 Å². The van der Waals surface area contributed by atoms with E-state index < -0.39 is 0 Å². The van der Waals surface area contributed by atoms with Crippen LogP contribution in [0, 0.1) is 6.92 Å². The number of hydrogen-bond donors (Lipinski definition) is 1. The van der Waals surface area contributed by atoms with Crippen molar-refractivity contribution in [2.24, 2.45) is 0 Å². The fraction of sp³-hybridized carbons (Fsp3) is 0.500. The Kier molecular flexibility index (Phi) is 5.29. The number of aryl methyl sites for hydroxylation is 1. The highest BCUT2D eigenvalue weighted by Crippen LogP contribution is 2.24. The summed E-state index contributed by atoms with van der Waals surface area (Å²) in [5.41, 5.74) is 2.51. The zero-order chi connectivity index (χ0) is 11.3. The van der Waals surface area contributed by atoms with Gasteiger partial charge in [0, 0.05) is 11.1 Å². The summed E-state index contributed by atoms with van der Waals surface area (Å²) in [6, 6.07) is 6.64. The highest BCUT2D eigenvalue weighted by atomic mass is 79.9. The quantitative estimate of drug-likeness (QED) is 0.889. The topological polar surface area (TPSA) is 21.3 Å². The first-order valence-electron chi connectivity index (χ1n) is 5.20. The van der Waals surface area contributed by atoms with Crippen molar-refractivity contribution in [2.45, 2.75) is 19.9 Å². The molecule has 0 saturated carbocycles. The van der Waals surface area contributed by atoms with Crippen LogP contribution in [0.3, 0.4) is 0 Å². The lowest BCUT2D eigenvalue weighted by Crippen LogP contribution is -2.22. The van der Waals surface area contributed by atoms with Crippen LogP contribution >= 0.6 is 15.9 Å². The molecule has 0 fully saturated rings. The molecule has 0 aliphatic heterocycles. The third-order valence-corrected chi connectivity index (χ3v) is 3.06. The van der Waals surface area contributed by atoms with Gasteiger partial charge in [-0.2, -0.15) is 0 Å². The molecule has 0 spiro atoms. The second kappa shape index (κ2) is 6.26. The maximum absolute atomic E-state index is 5.44. The predicted molar refractivity (Wildman–Crippen MR) is 67.2 cm³/mol. The average molecular weight is 272 g/mol. The second-order valence-electron chi connectivity index (χ2n) is 3.53. The van der Waals surface area contributed by atoms with Crippen molar-refractivity contribution in [3.05, 3.63) is 33.8 Å². The van der Waals surface area contributed by atoms with Crippen LogP contribution in [-0.4, -0.2) is 20.3 Å². The molecule has 0 amide bonds. The van der Waals surface area contributed by atoms with E-state index >= 15 is 0 Å². The Balaban J connectivity index is 2.81. The molecule has 1 aromatic rings. The Bertz CT molecular complexity index is 314. The van der Waals surface area contributed by atoms with Gasteiger partial charge in [-0.1, -0.05) is 28.1 Å². The summed E-state index contributed by atoms with van der Waals surface area (Å²) in [4.78, 5) is 0. The fourth-order valence-corrected chi connectivity index (χ4v) is 2.25. The summed E-state index contributed by atoms with van der Waals surface area (Å²) in [6.07, 6.45) is 0. The minimum atomic E-state index is 0.250. The van der Waals surface area contributed by atoms with Gasteiger partial charge >= 0.3 is 0 Å². The van der Waals surface area contributed by atoms with Crippen molar-refractivity contribution in [2.75, 3.05) is 20.3 Å². The molecule has 84 valence electrons. The highest BCUT2D eigenvalue weighted by Gasteiger charge is 2.12. The lowest BCUT2D eigenvalue weighted by Gasteiger charge is -2.18. The molecule has 1 N–H and O–H groups in total. The van der Waals surface area contributed by atoms with Gasteiger partial charge in [-0.05, 0) is 38.1 Å². The van der Waals surface area contributed by atoms with Gasteiger partial charge in [0.25, 0.3) is 0 Å². The van der Waals surface area contributed by atoms with Crippen molar-refractivity contribution >= 4 is 15.9 Å². The molecule has 0 aliphatic carbocycles. The van der Waals surface area contributed by atoms with Crippen LogP contribution in [0.2, 0.25) is 0 Å². The first-order chi connectivity index (χ1) is 7.19. The summed E-state index contributed by atoms with van der Waals surface area (Å²) in [7, 11) is 1.95. The minimum Gasteiger partial charge on any atom is -0.380 e. The van der Waals surface area contributed by atoms with Crippen molar-refractivity contribution in [3.63, 3.8) is 0 Å². The van der Waals surface area contributed by atoms with E-state index in [4.69, 9.17) is 4.74 Å². The van der Waals surface area contributed by atoms with Crippen LogP contribution in [0.15, 0.2) is 22.7 Å². The Morgan fingerprint density at radius 3 is 2.73 bits per heavy atom. The molecular weight excluding hydrogens is 254 g/mol. The van der Waals surface area contributed by atoms with Crippen LogP contribution in [-0.2, 0) is 4.74 Å². The van der Waals surface area contributed by atoms with E-state index in [0.29, 0.717) is 6.61 Å². The highest BCUT2D eigenvalue weighted by molar-refractivity contribution is 9.10. The zero-order valence-corrected chi connectivity index (χ0v) is 11.1. The molecule has 1 rings (SSSR count). The zero-order valence-electron chi connectivity index (χ0n) is 9.51. The van der Waals surface area contributed by atoms with Crippen LogP contribution in [0.4, 0.5) is 0 Å². The van der Waals surface area contributed by atoms with Gasteiger partial charge in [0.2, 0.25) is 0 Å². The van der Waals surface area contributed by atoms with Gasteiger partial charge in [-0.3, -0.25) is 0 Å². The normalized spacial score (nSPS) is 12.8. The molecule has 0 heterocycles. The van der Waals surface area contributed by atoms with Crippen LogP contribution < -0.4 is 5.32 Å². The molecule has 1 atom stereocenters. The summed E-state index contributed by atoms with van der Waals surface area (Å²) >= 11 is 3.58. The number of ether oxygens (including phenoxy) is 1. The summed E-state index contributed by atoms with van der Waals surface area (Å²) in [5.74, 6) is 0. The number of halogens is 1. The summed E-state index contributed by atoms with van der Waals surface area (Å²) in [5, 5.41) is 3.26. The minimum absolute atomic E-state index is 0.250. The smallest absolute Gasteiger partial charge is 0.0661 e. The summed E-state index contributed by atoms with van der Waals surface area (Å²) in [6.45, 7) is 5.55. The summed E-state index contributed by atoms with van der Waals surface area (Å²) < 4.78 is 6.58. The molecule has 3 heteroatoms. The number of rotatable bonds is 5. The maximum Gasteiger partial charge on any atom is 0.0661 e. The van der Waals surface area contributed by atoms with Gasteiger partial charge in [-0.25, -0.2) is 0 Å². The SMILES string of the molecule is CCOCC(NC)c1ccc(C)cc1Br. The Morgan fingerprint density at radius 1 is 1.47 bits per heavy atom. The van der Waals surface area contributed by atoms with Crippen molar-refractivity contribution in [3.8, 4) is 0 Å². The number of hydrogen-bond acceptors (Lipinski definition) is 2. The molecule has 15 heavy (non-hydrogen) atoms. The lowest BCUT2D eigenvalue weighted by atomic mass is 10.1. The Labute approximate surface area is 100 Å². The Hall–Kier alpha value is -0.380. The van der Waals surface area contributed by atoms with Gasteiger partial charge in [0.1, 0.15) is 0 Å². The molecule has 0 bridgehead atoms. The van der Waals surface area contributed by atoms with Crippen LogP contribution in [0.1, 0.15) is 24.1 Å². The van der Waals surface area contributed by atoms with Crippen molar-refractivity contribution in [1.29, 1.82) is 0 Å². The number of likely N-dealkylation sites (N-methyl/N-ethyl adjacent to an activating group) is 1. The van der Waals surface area contributed by atoms with E-state index in [-0.39, 0.29) is 6.04 Å². The maximum atomic E-state index is 5.44. The van der Waals surface area contributed by atoms with E-state index in [0.717, 1.165) is 11.1 Å². The van der Waals surface area contributed by atoms with Gasteiger partial charge < -0.3 is 10.1 Å². The fourth-order valence-electron chi connectivity index (χ4n) is 1.48. The van der Waals surface area contributed by atoms with E-state index in [9.17, 15) is 0 Å². The van der Waals surface area contributed by atoms with Crippen molar-refractivity contribution in [1.82, 2.24) is 5.32 Å². The molecule has 1 unspecified atom stereocenters. The molecule has 0 aromatic heterocycles. The predicted octanol–water partition coefficient (Wildman–Crippen LogP) is 3.05. The van der Waals surface area contributed by atoms with Crippen molar-refractivity contribution < 1.29 is 4.74 Å². The number of nitrogens with one attached hydrogen (secondary N) is 1. The van der Waals surface area contributed by atoms with Crippen LogP contribution in [0.25, 0.3) is 0 Å². The van der Waals surface area contributed by atoms with Gasteiger partial charge in [0.15, 0.2) is 0 Å². The van der Waals surface area contributed by atoms with E-state index in [1.165, 1.54) is 11.1 Å². The molecular formula is C12H18BrNO. The Morgan fingerprint density at radius 2 is 2.20 bits per heavy atom. The monoisotopic (exact) mass is 271 g/mol. The molecule has 2 nitrogen and oxygen atoms in total. The van der Waals surface area contributed by atoms with E-state index in [1.54, 1.807) is 0 Å². The number of benzene rings is 1. The van der Waals surface area contributed by atoms with Crippen LogP contribution in [0.5, 0.6) is 0 Å². The molecule has 0 saturated heterocycles. The largest absolute Gasteiger partial charge is 0.380 e. The first kappa shape index (κ1) is 12.7. The van der Waals surface area contributed by atoms with E-state index in [2.05, 4.69) is 46.4 Å². The van der Waals surface area contributed by atoms with Gasteiger partial charge in [0.05, 0.1) is 12.6 Å². The second-order valence-corrected chi connectivity index (χ2v) is 4.38. The average Bonchev–Trinajstić information content (AvgIpc) is 2.21. The third kappa shape index (κ3) is 3.59. The standard InChI is InChI=1S/C12H18BrNO/c1-4-15-8-12(14-3)10-6-5-9(2)7-11(10)13/h5-7,12,14H,4,8H2,1-3H3. The molecule has 0 radical (unpaired) electrons. The lowest BCUT2D eigenvalue weighted by molar-refractivity contribution is 0.125. The third-order valence-electron chi connectivity index (χ3n) is 2.37. The first-order valence-corrected chi connectivity index (χ1v) is 5.99. The molecule has 1 aromatic carbocycles.